The zero-order valence-electron chi connectivity index (χ0n) is 15.4. The van der Waals surface area contributed by atoms with Crippen molar-refractivity contribution >= 4 is 50.9 Å². The summed E-state index contributed by atoms with van der Waals surface area (Å²) in [6.07, 6.45) is -0.0398. The number of thioether (sulfide) groups is 1. The second-order valence-electron chi connectivity index (χ2n) is 6.32. The molecule has 0 N–H and O–H groups in total. The number of esters is 1. The van der Waals surface area contributed by atoms with Gasteiger partial charge in [0.15, 0.2) is 11.6 Å². The summed E-state index contributed by atoms with van der Waals surface area (Å²) >= 11 is 2.34. The van der Waals surface area contributed by atoms with Crippen LogP contribution < -0.4 is 4.90 Å². The first-order valence-corrected chi connectivity index (χ1v) is 10.6. The van der Waals surface area contributed by atoms with E-state index in [1.165, 1.54) is 17.8 Å². The van der Waals surface area contributed by atoms with Crippen molar-refractivity contribution in [3.8, 4) is 0 Å². The fourth-order valence-electron chi connectivity index (χ4n) is 3.12. The van der Waals surface area contributed by atoms with Gasteiger partial charge in [-0.05, 0) is 31.2 Å². The second kappa shape index (κ2) is 8.08. The Morgan fingerprint density at radius 1 is 1.24 bits per heavy atom. The van der Waals surface area contributed by atoms with Gasteiger partial charge in [0.25, 0.3) is 0 Å². The first-order valence-electron chi connectivity index (χ1n) is 8.94. The number of amides is 1. The standard InChI is InChI=1S/C20H16F2N2O3S2/c1-2-27-17(25)9-15-20(26)24(13-5-3-4-6-14(13)28-15)10-16-23-12-8-7-11(21)18(22)19(12)29-16/h3-8,15H,2,9-10H2,1H3. The predicted molar refractivity (Wildman–Crippen MR) is 108 cm³/mol. The van der Waals surface area contributed by atoms with Gasteiger partial charge in [-0.1, -0.05) is 12.1 Å². The van der Waals surface area contributed by atoms with Gasteiger partial charge in [-0.25, -0.2) is 13.8 Å². The van der Waals surface area contributed by atoms with Crippen LogP contribution in [0, 0.1) is 11.6 Å². The van der Waals surface area contributed by atoms with E-state index in [0.717, 1.165) is 22.3 Å². The van der Waals surface area contributed by atoms with Crippen molar-refractivity contribution in [2.75, 3.05) is 11.5 Å². The van der Waals surface area contributed by atoms with Gasteiger partial charge in [-0.15, -0.1) is 23.1 Å². The molecule has 0 radical (unpaired) electrons. The molecule has 2 heterocycles. The van der Waals surface area contributed by atoms with E-state index in [2.05, 4.69) is 4.98 Å². The maximum Gasteiger partial charge on any atom is 0.307 e. The molecule has 0 saturated heterocycles. The summed E-state index contributed by atoms with van der Waals surface area (Å²) in [5, 5.41) is -0.137. The highest BCUT2D eigenvalue weighted by Gasteiger charge is 2.35. The minimum absolute atomic E-state index is 0.0398. The van der Waals surface area contributed by atoms with Crippen molar-refractivity contribution in [3.05, 3.63) is 53.0 Å². The van der Waals surface area contributed by atoms with Crippen LogP contribution in [0.2, 0.25) is 0 Å². The highest BCUT2D eigenvalue weighted by Crippen LogP contribution is 2.41. The number of hydrogen-bond donors (Lipinski definition) is 0. The monoisotopic (exact) mass is 434 g/mol. The van der Waals surface area contributed by atoms with Crippen molar-refractivity contribution in [1.82, 2.24) is 4.98 Å². The summed E-state index contributed by atoms with van der Waals surface area (Å²) in [7, 11) is 0. The molecule has 2 aromatic carbocycles. The number of nitrogens with zero attached hydrogens (tertiary/aromatic N) is 2. The number of rotatable bonds is 5. The number of carbonyl (C=O) groups is 2. The molecule has 1 amide bonds. The van der Waals surface area contributed by atoms with E-state index in [0.29, 0.717) is 16.2 Å². The van der Waals surface area contributed by atoms with Gasteiger partial charge in [0.05, 0.1) is 40.7 Å². The molecule has 0 saturated carbocycles. The molecule has 0 fully saturated rings. The van der Waals surface area contributed by atoms with Crippen LogP contribution in [-0.2, 0) is 20.9 Å². The molecule has 5 nitrogen and oxygen atoms in total. The molecule has 1 unspecified atom stereocenters. The molecule has 9 heteroatoms. The summed E-state index contributed by atoms with van der Waals surface area (Å²) in [4.78, 5) is 31.8. The molecular weight excluding hydrogens is 418 g/mol. The molecule has 0 bridgehead atoms. The van der Waals surface area contributed by atoms with E-state index >= 15 is 0 Å². The maximum atomic E-state index is 14.0. The van der Waals surface area contributed by atoms with E-state index in [-0.39, 0.29) is 30.2 Å². The third-order valence-corrected chi connectivity index (χ3v) is 6.71. The lowest BCUT2D eigenvalue weighted by Gasteiger charge is -2.32. The highest BCUT2D eigenvalue weighted by molar-refractivity contribution is 8.01. The van der Waals surface area contributed by atoms with Crippen LogP contribution in [0.3, 0.4) is 0 Å². The lowest BCUT2D eigenvalue weighted by molar-refractivity contribution is -0.144. The lowest BCUT2D eigenvalue weighted by atomic mass is 10.2. The van der Waals surface area contributed by atoms with Gasteiger partial charge in [-0.3, -0.25) is 9.59 Å². The van der Waals surface area contributed by atoms with Crippen LogP contribution in [0.1, 0.15) is 18.4 Å². The SMILES string of the molecule is CCOC(=O)CC1Sc2ccccc2N(Cc2nc3ccc(F)c(F)c3s2)C1=O. The van der Waals surface area contributed by atoms with E-state index in [9.17, 15) is 18.4 Å². The summed E-state index contributed by atoms with van der Waals surface area (Å²) in [5.41, 5.74) is 1.05. The number of anilines is 1. The first-order chi connectivity index (χ1) is 14.0. The van der Waals surface area contributed by atoms with Gasteiger partial charge < -0.3 is 9.64 Å². The Balaban J connectivity index is 1.67. The number of fused-ring (bicyclic) bond motifs is 2. The molecule has 0 spiro atoms. The minimum Gasteiger partial charge on any atom is -0.466 e. The second-order valence-corrected chi connectivity index (χ2v) is 8.65. The summed E-state index contributed by atoms with van der Waals surface area (Å²) in [6, 6.07) is 9.82. The zero-order chi connectivity index (χ0) is 20.5. The molecule has 1 aliphatic rings. The number of hydrogen-bond acceptors (Lipinski definition) is 6. The van der Waals surface area contributed by atoms with Crippen LogP contribution >= 0.6 is 23.1 Å². The van der Waals surface area contributed by atoms with Gasteiger partial charge in [0.2, 0.25) is 5.91 Å². The molecule has 150 valence electrons. The molecule has 1 atom stereocenters. The first kappa shape index (κ1) is 19.8. The number of aromatic nitrogens is 1. The fourth-order valence-corrected chi connectivity index (χ4v) is 5.31. The average Bonchev–Trinajstić information content (AvgIpc) is 3.12. The number of benzene rings is 2. The smallest absolute Gasteiger partial charge is 0.307 e. The number of thiazole rings is 1. The van der Waals surface area contributed by atoms with Gasteiger partial charge in [-0.2, -0.15) is 0 Å². The van der Waals surface area contributed by atoms with Crippen molar-refractivity contribution in [3.63, 3.8) is 0 Å². The molecular formula is C20H16F2N2O3S2. The van der Waals surface area contributed by atoms with Gasteiger partial charge in [0.1, 0.15) is 5.01 Å². The van der Waals surface area contributed by atoms with Crippen LogP contribution in [-0.4, -0.2) is 28.7 Å². The molecule has 3 aromatic rings. The number of para-hydroxylation sites is 1. The summed E-state index contributed by atoms with van der Waals surface area (Å²) in [6.45, 7) is 2.07. The van der Waals surface area contributed by atoms with E-state index in [1.807, 2.05) is 24.3 Å². The van der Waals surface area contributed by atoms with Crippen molar-refractivity contribution in [2.45, 2.75) is 30.0 Å². The Morgan fingerprint density at radius 2 is 2.03 bits per heavy atom. The molecule has 1 aromatic heterocycles. The van der Waals surface area contributed by atoms with Crippen molar-refractivity contribution < 1.29 is 23.1 Å². The van der Waals surface area contributed by atoms with E-state index in [1.54, 1.807) is 11.8 Å². The molecule has 0 aliphatic carbocycles. The third-order valence-electron chi connectivity index (χ3n) is 4.41. The van der Waals surface area contributed by atoms with Crippen LogP contribution in [0.5, 0.6) is 0 Å². The largest absolute Gasteiger partial charge is 0.466 e. The third kappa shape index (κ3) is 3.84. The maximum absolute atomic E-state index is 14.0. The van der Waals surface area contributed by atoms with Crippen LogP contribution in [0.25, 0.3) is 10.2 Å². The zero-order valence-corrected chi connectivity index (χ0v) is 17.0. The Hall–Kier alpha value is -2.52. The average molecular weight is 434 g/mol. The summed E-state index contributed by atoms with van der Waals surface area (Å²) in [5.74, 6) is -2.55. The molecule has 4 rings (SSSR count). The van der Waals surface area contributed by atoms with Crippen molar-refractivity contribution in [2.24, 2.45) is 0 Å². The van der Waals surface area contributed by atoms with E-state index < -0.39 is 22.9 Å². The highest BCUT2D eigenvalue weighted by atomic mass is 32.2. The normalized spacial score (nSPS) is 16.2. The Morgan fingerprint density at radius 3 is 2.83 bits per heavy atom. The topological polar surface area (TPSA) is 59.5 Å². The van der Waals surface area contributed by atoms with Crippen LogP contribution in [0.15, 0.2) is 41.3 Å². The van der Waals surface area contributed by atoms with E-state index in [4.69, 9.17) is 4.74 Å². The summed E-state index contributed by atoms with van der Waals surface area (Å²) < 4.78 is 32.7. The van der Waals surface area contributed by atoms with Gasteiger partial charge >= 0.3 is 5.97 Å². The predicted octanol–water partition coefficient (Wildman–Crippen LogP) is 4.54. The number of halogens is 2. The quantitative estimate of drug-likeness (QED) is 0.552. The Labute approximate surface area is 173 Å². The Kier molecular flexibility index (Phi) is 5.51. The van der Waals surface area contributed by atoms with Crippen molar-refractivity contribution in [1.29, 1.82) is 0 Å². The van der Waals surface area contributed by atoms with Crippen LogP contribution in [0.4, 0.5) is 14.5 Å². The number of carbonyl (C=O) groups excluding carboxylic acids is 2. The minimum atomic E-state index is -0.938. The molecule has 1 aliphatic heterocycles. The van der Waals surface area contributed by atoms with Gasteiger partial charge in [0, 0.05) is 4.90 Å². The number of ether oxygens (including phenoxy) is 1. The molecule has 29 heavy (non-hydrogen) atoms. The lowest BCUT2D eigenvalue weighted by Crippen LogP contribution is -2.41. The fraction of sp³-hybridized carbons (Fsp3) is 0.250. The Bertz CT molecular complexity index is 1100.